The molecule has 0 bridgehead atoms. The van der Waals surface area contributed by atoms with Crippen LogP contribution in [-0.2, 0) is 47.9 Å². The topological polar surface area (TPSA) is 139 Å². The van der Waals surface area contributed by atoms with Gasteiger partial charge < -0.3 is 9.47 Å². The second-order valence-corrected chi connectivity index (χ2v) is 13.9. The molecule has 10 nitrogen and oxygen atoms in total. The Morgan fingerprint density at radius 2 is 0.860 bits per heavy atom. The van der Waals surface area contributed by atoms with Crippen LogP contribution in [0.15, 0.2) is 0 Å². The molecule has 0 aliphatic heterocycles. The van der Waals surface area contributed by atoms with Gasteiger partial charge in [-0.3, -0.25) is 4.74 Å². The van der Waals surface area contributed by atoms with Gasteiger partial charge in [-0.1, -0.05) is 14.4 Å². The van der Waals surface area contributed by atoms with Crippen molar-refractivity contribution < 1.29 is 122 Å². The minimum Gasteiger partial charge on any atom is -0.372 e. The monoisotopic (exact) mass is 896 g/mol. The number of hydrogen-bond donors (Lipinski definition) is 0. The molecular weight excluding hydrogens is 873 g/mol. The minimum absolute atomic E-state index is 0. The summed E-state index contributed by atoms with van der Waals surface area (Å²) in [6.07, 6.45) is -16.5. The summed E-state index contributed by atoms with van der Waals surface area (Å²) in [5, 5.41) is 0.194. The molecule has 0 spiro atoms. The van der Waals surface area contributed by atoms with E-state index >= 15 is 0 Å². The number of sulfone groups is 1. The van der Waals surface area contributed by atoms with E-state index in [1.807, 2.05) is 3.63 Å². The molecule has 0 saturated heterocycles. The zero-order chi connectivity index (χ0) is 40.8. The maximum Gasteiger partial charge on any atom is 0.524 e. The van der Waals surface area contributed by atoms with E-state index in [9.17, 15) is 104 Å². The third-order valence-corrected chi connectivity index (χ3v) is 6.53. The summed E-state index contributed by atoms with van der Waals surface area (Å²) in [6.45, 7) is -4.17. The second-order valence-electron chi connectivity index (χ2n) is 7.76. The zero-order valence-electron chi connectivity index (χ0n) is 23.3. The molecule has 0 fully saturated rings. The summed E-state index contributed by atoms with van der Waals surface area (Å²) >= 11 is 9.53. The normalized spacial score (nSPS) is 13.8. The quantitative estimate of drug-likeness (QED) is 0.0790. The molecule has 0 aromatic carbocycles. The van der Waals surface area contributed by atoms with Crippen LogP contribution in [0.2, 0.25) is 0 Å². The van der Waals surface area contributed by atoms with Gasteiger partial charge in [0.2, 0.25) is 9.84 Å². The van der Waals surface area contributed by atoms with Crippen LogP contribution in [0.3, 0.4) is 0 Å². The van der Waals surface area contributed by atoms with Crippen LogP contribution in [0.5, 0.6) is 0 Å². The van der Waals surface area contributed by atoms with Crippen LogP contribution in [0, 0.1) is 0 Å². The highest BCUT2D eigenvalue weighted by Gasteiger charge is 2.57. The summed E-state index contributed by atoms with van der Waals surface area (Å²) in [4.78, 5) is 0. The van der Waals surface area contributed by atoms with Crippen molar-refractivity contribution in [3.05, 3.63) is 0 Å². The van der Waals surface area contributed by atoms with Gasteiger partial charge in [0.15, 0.2) is 0 Å². The van der Waals surface area contributed by atoms with Gasteiger partial charge in [0.05, 0.1) is 5.34 Å². The average Bonchev–Trinajstić information content (AvgIpc) is 2.74. The molecule has 0 unspecified atom stereocenters. The summed E-state index contributed by atoms with van der Waals surface area (Å²) in [7, 11) is -18.5. The Balaban J connectivity index is -0.000000214. The molecule has 33 heteroatoms. The SMILES string of the molecule is C.CCCOCC(F)(F)OC(F)(F)COCC(F)(F)CC(F)(F)F.CS(=O)(=O)C(F)(F)F.ClCCl.O=S(=O)(OS(=O)(=O)C(F)(F)F)C(F)(F)F. The van der Waals surface area contributed by atoms with Crippen molar-refractivity contribution in [1.82, 2.24) is 0 Å². The molecule has 0 radical (unpaired) electrons. The molecular formula is C17H24Cl2F18O10S3. The largest absolute Gasteiger partial charge is 0.524 e. The number of alkyl halides is 20. The van der Waals surface area contributed by atoms with Crippen LogP contribution < -0.4 is 0 Å². The number of rotatable bonds is 13. The smallest absolute Gasteiger partial charge is 0.372 e. The van der Waals surface area contributed by atoms with Crippen molar-refractivity contribution in [3.8, 4) is 0 Å². The highest BCUT2D eigenvalue weighted by molar-refractivity contribution is 8.00. The van der Waals surface area contributed by atoms with E-state index < -0.39 is 97.2 Å². The fourth-order valence-corrected chi connectivity index (χ4v) is 3.03. The van der Waals surface area contributed by atoms with Gasteiger partial charge in [-0.15, -0.1) is 26.8 Å². The van der Waals surface area contributed by atoms with Crippen molar-refractivity contribution in [2.75, 3.05) is 38.0 Å². The molecule has 0 saturated carbocycles. The van der Waals surface area contributed by atoms with Gasteiger partial charge >= 0.3 is 55.2 Å². The Bertz CT molecular complexity index is 1220. The van der Waals surface area contributed by atoms with E-state index in [0.29, 0.717) is 6.42 Å². The molecule has 0 amide bonds. The van der Waals surface area contributed by atoms with Gasteiger partial charge in [0, 0.05) is 12.9 Å². The standard InChI is InChI=1S/C11H15F9O3.C2F6O5S2.C2H3F3O2S.CH2Cl2.CH4/c1-2-3-21-6-10(17,18)23-11(19,20)7-22-5-8(12,13)4-9(14,15)16;3-1(4,5)14(9,10)13-15(11,12)2(6,7)8;1-8(6,7)2(3,4)5;2-1-3;/h2-7H2,1H3;;1H3;1H2;1H4. The van der Waals surface area contributed by atoms with Gasteiger partial charge in [-0.05, 0) is 6.42 Å². The van der Waals surface area contributed by atoms with Gasteiger partial charge in [0.1, 0.15) is 26.2 Å². The second kappa shape index (κ2) is 21.6. The van der Waals surface area contributed by atoms with Gasteiger partial charge in [0.25, 0.3) is 5.92 Å². The molecule has 0 aromatic rings. The average molecular weight is 897 g/mol. The third kappa shape index (κ3) is 29.6. The maximum atomic E-state index is 13.0. The van der Waals surface area contributed by atoms with Gasteiger partial charge in [-0.25, -0.2) is 17.2 Å². The number of hydrogen-bond acceptors (Lipinski definition) is 10. The molecule has 0 atom stereocenters. The van der Waals surface area contributed by atoms with E-state index in [1.165, 1.54) is 0 Å². The highest BCUT2D eigenvalue weighted by atomic mass is 35.5. The Labute approximate surface area is 281 Å². The van der Waals surface area contributed by atoms with Gasteiger partial charge in [-0.2, -0.15) is 87.1 Å². The lowest BCUT2D eigenvalue weighted by Crippen LogP contribution is -2.41. The Hall–Kier alpha value is -0.990. The lowest BCUT2D eigenvalue weighted by molar-refractivity contribution is -0.394. The van der Waals surface area contributed by atoms with Crippen LogP contribution in [0.4, 0.5) is 79.0 Å². The molecule has 0 heterocycles. The molecule has 0 N–H and O–H groups in total. The number of ether oxygens (including phenoxy) is 3. The first-order chi connectivity index (χ1) is 21.1. The van der Waals surface area contributed by atoms with Crippen LogP contribution in [0.1, 0.15) is 27.2 Å². The Morgan fingerprint density at radius 3 is 1.10 bits per heavy atom. The predicted octanol–water partition coefficient (Wildman–Crippen LogP) is 7.53. The lowest BCUT2D eigenvalue weighted by atomic mass is 10.2. The van der Waals surface area contributed by atoms with E-state index in [4.69, 9.17) is 23.2 Å². The molecule has 0 aliphatic rings. The van der Waals surface area contributed by atoms with Crippen molar-refractivity contribution in [1.29, 1.82) is 0 Å². The Kier molecular flexibility index (Phi) is 25.3. The van der Waals surface area contributed by atoms with E-state index in [0.717, 1.165) is 0 Å². The van der Waals surface area contributed by atoms with Crippen LogP contribution in [0.25, 0.3) is 0 Å². The highest BCUT2D eigenvalue weighted by Crippen LogP contribution is 2.34. The summed E-state index contributed by atoms with van der Waals surface area (Å²) in [5.41, 5.74) is -17.6. The van der Waals surface area contributed by atoms with Crippen molar-refractivity contribution in [2.24, 2.45) is 0 Å². The molecule has 0 aliphatic carbocycles. The summed E-state index contributed by atoms with van der Waals surface area (Å²) < 4.78 is 286. The fourth-order valence-electron chi connectivity index (χ4n) is 1.47. The Morgan fingerprint density at radius 1 is 0.560 bits per heavy atom. The first kappa shape index (κ1) is 58.3. The zero-order valence-corrected chi connectivity index (χ0v) is 27.3. The number of halogens is 20. The summed E-state index contributed by atoms with van der Waals surface area (Å²) in [5.74, 6) is -4.47. The first-order valence-electron chi connectivity index (χ1n) is 10.8. The molecule has 0 rings (SSSR count). The maximum absolute atomic E-state index is 13.0. The van der Waals surface area contributed by atoms with Crippen molar-refractivity contribution >= 4 is 53.3 Å². The van der Waals surface area contributed by atoms with Crippen molar-refractivity contribution in [3.63, 3.8) is 0 Å². The lowest BCUT2D eigenvalue weighted by Gasteiger charge is -2.24. The fraction of sp³-hybridized carbons (Fsp3) is 1.00. The molecule has 0 aromatic heterocycles. The first-order valence-corrected chi connectivity index (χ1v) is 16.6. The van der Waals surface area contributed by atoms with E-state index in [2.05, 4.69) is 14.2 Å². The molecule has 310 valence electrons. The van der Waals surface area contributed by atoms with E-state index in [1.54, 1.807) is 6.92 Å². The third-order valence-electron chi connectivity index (χ3n) is 3.13. The van der Waals surface area contributed by atoms with Crippen molar-refractivity contribution in [2.45, 2.75) is 68.0 Å². The van der Waals surface area contributed by atoms with E-state index in [-0.39, 0.29) is 25.6 Å². The summed E-state index contributed by atoms with van der Waals surface area (Å²) in [6, 6.07) is 0. The predicted molar refractivity (Wildman–Crippen MR) is 134 cm³/mol. The molecule has 50 heavy (non-hydrogen) atoms. The minimum atomic E-state index is -6.85. The van der Waals surface area contributed by atoms with Crippen LogP contribution >= 0.6 is 23.2 Å². The van der Waals surface area contributed by atoms with Crippen LogP contribution in [-0.4, -0.2) is 104 Å².